The first kappa shape index (κ1) is 14.2. The molecule has 1 amide bonds. The van der Waals surface area contributed by atoms with Gasteiger partial charge in [-0.15, -0.1) is 0 Å². The zero-order valence-corrected chi connectivity index (χ0v) is 10.1. The Kier molecular flexibility index (Phi) is 9.18. The van der Waals surface area contributed by atoms with Crippen molar-refractivity contribution in [3.8, 4) is 0 Å². The molecule has 0 aliphatic rings. The molecule has 0 atom stereocenters. The maximum Gasteiger partial charge on any atom is 0.244 e. The molecular weight excluding hydrogens is 188 g/mol. The Morgan fingerprint density at radius 3 is 2.60 bits per heavy atom. The zero-order valence-electron chi connectivity index (χ0n) is 10.1. The maximum atomic E-state index is 10.9. The molecule has 3 heteroatoms. The molecule has 88 valence electrons. The highest BCUT2D eigenvalue weighted by Gasteiger charge is 1.99. The third kappa shape index (κ3) is 9.47. The van der Waals surface area contributed by atoms with E-state index in [1.165, 1.54) is 38.2 Å². The minimum Gasteiger partial charge on any atom is -0.340 e. The summed E-state index contributed by atoms with van der Waals surface area (Å²) in [4.78, 5) is 13.0. The summed E-state index contributed by atoms with van der Waals surface area (Å²) in [5.74, 6) is -0.104. The molecule has 0 aliphatic carbocycles. The predicted molar refractivity (Wildman–Crippen MR) is 64.6 cm³/mol. The van der Waals surface area contributed by atoms with Crippen LogP contribution in [0.5, 0.6) is 0 Å². The summed E-state index contributed by atoms with van der Waals surface area (Å²) in [7, 11) is 2.02. The molecule has 0 aromatic carbocycles. The van der Waals surface area contributed by atoms with Crippen LogP contribution in [0.2, 0.25) is 0 Å². The van der Waals surface area contributed by atoms with Crippen molar-refractivity contribution in [3.05, 3.63) is 12.7 Å². The van der Waals surface area contributed by atoms with Crippen LogP contribution in [-0.4, -0.2) is 31.1 Å². The van der Waals surface area contributed by atoms with Gasteiger partial charge in [0.25, 0.3) is 0 Å². The lowest BCUT2D eigenvalue weighted by atomic mass is 10.1. The normalized spacial score (nSPS) is 10.3. The molecule has 0 bridgehead atoms. The Morgan fingerprint density at radius 1 is 1.33 bits per heavy atom. The van der Waals surface area contributed by atoms with Crippen LogP contribution in [0.3, 0.4) is 0 Å². The van der Waals surface area contributed by atoms with E-state index >= 15 is 0 Å². The molecular formula is C12H24N2O. The first-order valence-electron chi connectivity index (χ1n) is 5.79. The quantitative estimate of drug-likeness (QED) is 0.361. The summed E-state index contributed by atoms with van der Waals surface area (Å²) in [6, 6.07) is 0. The first-order chi connectivity index (χ1) is 7.20. The number of carbonyl (C=O) groups is 1. The van der Waals surface area contributed by atoms with Crippen molar-refractivity contribution in [3.63, 3.8) is 0 Å². The lowest BCUT2D eigenvalue weighted by Crippen LogP contribution is -2.34. The number of hydrogen-bond acceptors (Lipinski definition) is 2. The largest absolute Gasteiger partial charge is 0.340 e. The molecule has 0 unspecified atom stereocenters. The second kappa shape index (κ2) is 9.71. The Morgan fingerprint density at radius 2 is 2.00 bits per heavy atom. The number of carbonyl (C=O) groups excluding carboxylic acids is 1. The summed E-state index contributed by atoms with van der Waals surface area (Å²) in [6.07, 6.45) is 7.73. The molecule has 0 aliphatic heterocycles. The predicted octanol–water partition coefficient (Wildman–Crippen LogP) is 2.15. The van der Waals surface area contributed by atoms with E-state index in [1.54, 1.807) is 0 Å². The van der Waals surface area contributed by atoms with E-state index in [4.69, 9.17) is 0 Å². The Hall–Kier alpha value is -0.830. The van der Waals surface area contributed by atoms with Gasteiger partial charge in [-0.3, -0.25) is 9.69 Å². The van der Waals surface area contributed by atoms with Gasteiger partial charge >= 0.3 is 0 Å². The van der Waals surface area contributed by atoms with Crippen molar-refractivity contribution in [2.45, 2.75) is 39.0 Å². The molecule has 15 heavy (non-hydrogen) atoms. The second-order valence-corrected chi connectivity index (χ2v) is 3.90. The summed E-state index contributed by atoms with van der Waals surface area (Å²) < 4.78 is 0. The number of unbranched alkanes of at least 4 members (excludes halogenated alkanes) is 4. The van der Waals surface area contributed by atoms with Gasteiger partial charge in [0.1, 0.15) is 0 Å². The summed E-state index contributed by atoms with van der Waals surface area (Å²) in [5.41, 5.74) is 0. The van der Waals surface area contributed by atoms with E-state index in [0.29, 0.717) is 6.67 Å². The van der Waals surface area contributed by atoms with Gasteiger partial charge in [0.15, 0.2) is 0 Å². The molecule has 0 saturated carbocycles. The summed E-state index contributed by atoms with van der Waals surface area (Å²) in [6.45, 7) is 7.28. The smallest absolute Gasteiger partial charge is 0.244 e. The lowest BCUT2D eigenvalue weighted by molar-refractivity contribution is -0.117. The van der Waals surface area contributed by atoms with E-state index in [2.05, 4.69) is 23.7 Å². The lowest BCUT2D eigenvalue weighted by Gasteiger charge is -2.16. The van der Waals surface area contributed by atoms with Crippen LogP contribution in [-0.2, 0) is 4.79 Å². The minimum absolute atomic E-state index is 0.104. The fraction of sp³-hybridized carbons (Fsp3) is 0.750. The van der Waals surface area contributed by atoms with Crippen LogP contribution in [0, 0.1) is 0 Å². The molecule has 0 radical (unpaired) electrons. The van der Waals surface area contributed by atoms with Gasteiger partial charge in [0.05, 0.1) is 6.67 Å². The number of nitrogens with one attached hydrogen (secondary N) is 1. The highest BCUT2D eigenvalue weighted by molar-refractivity contribution is 5.86. The molecule has 0 fully saturated rings. The highest BCUT2D eigenvalue weighted by atomic mass is 16.1. The summed E-state index contributed by atoms with van der Waals surface area (Å²) >= 11 is 0. The van der Waals surface area contributed by atoms with E-state index < -0.39 is 0 Å². The van der Waals surface area contributed by atoms with Crippen molar-refractivity contribution in [2.75, 3.05) is 20.3 Å². The average molecular weight is 212 g/mol. The van der Waals surface area contributed by atoms with E-state index in [9.17, 15) is 4.79 Å². The standard InChI is InChI=1S/C12H24N2O/c1-4-6-7-8-9-10-14(3)11-13-12(15)5-2/h5H,2,4,6-11H2,1,3H3,(H,13,15). The Labute approximate surface area is 93.5 Å². The molecule has 1 N–H and O–H groups in total. The SMILES string of the molecule is C=CC(=O)NCN(C)CCCCCCC. The van der Waals surface area contributed by atoms with Gasteiger partial charge in [-0.1, -0.05) is 39.2 Å². The molecule has 0 spiro atoms. The van der Waals surface area contributed by atoms with Crippen molar-refractivity contribution < 1.29 is 4.79 Å². The topological polar surface area (TPSA) is 32.3 Å². The second-order valence-electron chi connectivity index (χ2n) is 3.90. The van der Waals surface area contributed by atoms with Crippen molar-refractivity contribution in [1.82, 2.24) is 10.2 Å². The van der Waals surface area contributed by atoms with Gasteiger partial charge in [0.2, 0.25) is 5.91 Å². The van der Waals surface area contributed by atoms with E-state index in [0.717, 1.165) is 6.54 Å². The molecule has 0 saturated heterocycles. The van der Waals surface area contributed by atoms with Crippen molar-refractivity contribution in [2.24, 2.45) is 0 Å². The number of hydrogen-bond donors (Lipinski definition) is 1. The third-order valence-corrected chi connectivity index (χ3v) is 2.35. The summed E-state index contributed by atoms with van der Waals surface area (Å²) in [5, 5.41) is 2.75. The van der Waals surface area contributed by atoms with Crippen LogP contribution in [0.25, 0.3) is 0 Å². The molecule has 3 nitrogen and oxygen atoms in total. The molecule has 0 aromatic rings. The fourth-order valence-corrected chi connectivity index (χ4v) is 1.35. The minimum atomic E-state index is -0.104. The van der Waals surface area contributed by atoms with Gasteiger partial charge in [-0.05, 0) is 26.1 Å². The zero-order chi connectivity index (χ0) is 11.5. The van der Waals surface area contributed by atoms with Crippen molar-refractivity contribution >= 4 is 5.91 Å². The molecule has 0 rings (SSSR count). The van der Waals surface area contributed by atoms with Crippen LogP contribution >= 0.6 is 0 Å². The van der Waals surface area contributed by atoms with Gasteiger partial charge in [0, 0.05) is 0 Å². The number of nitrogens with zero attached hydrogens (tertiary/aromatic N) is 1. The van der Waals surface area contributed by atoms with Crippen LogP contribution < -0.4 is 5.32 Å². The van der Waals surface area contributed by atoms with E-state index in [1.807, 2.05) is 7.05 Å². The third-order valence-electron chi connectivity index (χ3n) is 2.35. The van der Waals surface area contributed by atoms with Crippen LogP contribution in [0.4, 0.5) is 0 Å². The van der Waals surface area contributed by atoms with Gasteiger partial charge in [-0.2, -0.15) is 0 Å². The first-order valence-corrected chi connectivity index (χ1v) is 5.79. The maximum absolute atomic E-state index is 10.9. The van der Waals surface area contributed by atoms with Crippen molar-refractivity contribution in [1.29, 1.82) is 0 Å². The molecule has 0 heterocycles. The van der Waals surface area contributed by atoms with Gasteiger partial charge < -0.3 is 5.32 Å². The van der Waals surface area contributed by atoms with Crippen LogP contribution in [0.15, 0.2) is 12.7 Å². The molecule has 0 aromatic heterocycles. The monoisotopic (exact) mass is 212 g/mol. The average Bonchev–Trinajstić information content (AvgIpc) is 2.25. The number of rotatable bonds is 9. The van der Waals surface area contributed by atoms with Gasteiger partial charge in [-0.25, -0.2) is 0 Å². The van der Waals surface area contributed by atoms with Crippen LogP contribution in [0.1, 0.15) is 39.0 Å². The highest BCUT2D eigenvalue weighted by Crippen LogP contribution is 2.02. The fourth-order valence-electron chi connectivity index (χ4n) is 1.35. The number of amides is 1. The Bertz CT molecular complexity index is 180. The Balaban J connectivity index is 3.29. The van der Waals surface area contributed by atoms with E-state index in [-0.39, 0.29) is 5.91 Å².